The van der Waals surface area contributed by atoms with Gasteiger partial charge in [0.25, 0.3) is 0 Å². The predicted molar refractivity (Wildman–Crippen MR) is 93.2 cm³/mol. The van der Waals surface area contributed by atoms with Crippen molar-refractivity contribution in [3.05, 3.63) is 71.9 Å². The van der Waals surface area contributed by atoms with Gasteiger partial charge in [-0.1, -0.05) is 42.5 Å². The van der Waals surface area contributed by atoms with E-state index in [1.165, 1.54) is 22.0 Å². The van der Waals surface area contributed by atoms with Crippen LogP contribution in [0, 0.1) is 5.92 Å². The summed E-state index contributed by atoms with van der Waals surface area (Å²) >= 11 is 0. The number of H-pyrrole nitrogens is 1. The third kappa shape index (κ3) is 3.03. The monoisotopic (exact) mass is 306 g/mol. The molecule has 2 N–H and O–H groups in total. The second-order valence-corrected chi connectivity index (χ2v) is 6.24. The second-order valence-electron chi connectivity index (χ2n) is 6.24. The maximum atomic E-state index is 5.97. The van der Waals surface area contributed by atoms with Crippen molar-refractivity contribution in [1.29, 1.82) is 0 Å². The Hall–Kier alpha value is -2.10. The summed E-state index contributed by atoms with van der Waals surface area (Å²) in [7, 11) is 0. The summed E-state index contributed by atoms with van der Waals surface area (Å²) in [5, 5.41) is 4.94. The van der Waals surface area contributed by atoms with E-state index in [-0.39, 0.29) is 6.10 Å². The molecule has 2 aromatic carbocycles. The van der Waals surface area contributed by atoms with Crippen molar-refractivity contribution in [2.45, 2.75) is 19.1 Å². The lowest BCUT2D eigenvalue weighted by molar-refractivity contribution is 0.0904. The number of benzene rings is 2. The molecule has 0 unspecified atom stereocenters. The molecule has 1 aliphatic rings. The minimum atomic E-state index is 0.228. The Bertz CT molecular complexity index is 765. The first-order valence-electron chi connectivity index (χ1n) is 8.34. The second kappa shape index (κ2) is 6.57. The summed E-state index contributed by atoms with van der Waals surface area (Å²) < 4.78 is 5.97. The summed E-state index contributed by atoms with van der Waals surface area (Å²) in [6.07, 6.45) is 3.36. The van der Waals surface area contributed by atoms with Crippen molar-refractivity contribution >= 4 is 10.9 Å². The topological polar surface area (TPSA) is 37.0 Å². The summed E-state index contributed by atoms with van der Waals surface area (Å²) in [5.41, 5.74) is 3.85. The lowest BCUT2D eigenvalue weighted by atomic mass is 9.95. The molecule has 0 aliphatic carbocycles. The average molecular weight is 306 g/mol. The number of ether oxygens (including phenoxy) is 1. The van der Waals surface area contributed by atoms with Crippen LogP contribution in [0.2, 0.25) is 0 Å². The lowest BCUT2D eigenvalue weighted by Gasteiger charge is -2.19. The van der Waals surface area contributed by atoms with Crippen molar-refractivity contribution in [1.82, 2.24) is 10.3 Å². The number of hydrogen-bond acceptors (Lipinski definition) is 2. The molecule has 118 valence electrons. The quantitative estimate of drug-likeness (QED) is 0.746. The highest BCUT2D eigenvalue weighted by Gasteiger charge is 2.29. The highest BCUT2D eigenvalue weighted by Crippen LogP contribution is 2.34. The van der Waals surface area contributed by atoms with Crippen LogP contribution in [0.25, 0.3) is 10.9 Å². The van der Waals surface area contributed by atoms with Crippen molar-refractivity contribution in [3.63, 3.8) is 0 Å². The van der Waals surface area contributed by atoms with E-state index in [0.717, 1.165) is 26.1 Å². The molecular formula is C20H22N2O. The molecule has 23 heavy (non-hydrogen) atoms. The molecule has 3 nitrogen and oxygen atoms in total. The van der Waals surface area contributed by atoms with Gasteiger partial charge in [-0.05, 0) is 29.7 Å². The Morgan fingerprint density at radius 1 is 1.04 bits per heavy atom. The summed E-state index contributed by atoms with van der Waals surface area (Å²) in [4.78, 5) is 3.27. The van der Waals surface area contributed by atoms with E-state index in [4.69, 9.17) is 4.74 Å². The van der Waals surface area contributed by atoms with Gasteiger partial charge in [0.2, 0.25) is 0 Å². The van der Waals surface area contributed by atoms with Crippen molar-refractivity contribution in [2.24, 2.45) is 5.92 Å². The van der Waals surface area contributed by atoms with Crippen molar-refractivity contribution in [2.75, 3.05) is 13.2 Å². The standard InChI is InChI=1S/C20H22N2O/c1-2-5-15(6-3-1)20-17(10-12-23-20)14-21-13-16-7-4-8-19-18(16)9-11-22-19/h1-9,11,17,20-22H,10,12-14H2/t17-,20-/m1/s1. The third-order valence-electron chi connectivity index (χ3n) is 4.75. The smallest absolute Gasteiger partial charge is 0.0866 e. The van der Waals surface area contributed by atoms with Gasteiger partial charge in [0.15, 0.2) is 0 Å². The average Bonchev–Trinajstić information content (AvgIpc) is 3.25. The van der Waals surface area contributed by atoms with E-state index >= 15 is 0 Å². The van der Waals surface area contributed by atoms with Crippen LogP contribution in [0.1, 0.15) is 23.7 Å². The number of hydrogen-bond donors (Lipinski definition) is 2. The fourth-order valence-corrected chi connectivity index (χ4v) is 3.55. The van der Waals surface area contributed by atoms with E-state index in [1.54, 1.807) is 0 Å². The molecule has 1 aliphatic heterocycles. The molecular weight excluding hydrogens is 284 g/mol. The van der Waals surface area contributed by atoms with Crippen LogP contribution in [0.5, 0.6) is 0 Å². The minimum Gasteiger partial charge on any atom is -0.373 e. The molecule has 4 rings (SSSR count). The zero-order valence-corrected chi connectivity index (χ0v) is 13.2. The fourth-order valence-electron chi connectivity index (χ4n) is 3.55. The SMILES string of the molecule is c1ccc([C@H]2OCC[C@@H]2CNCc2cccc3[nH]ccc23)cc1. The molecule has 1 fully saturated rings. The van der Waals surface area contributed by atoms with Gasteiger partial charge in [-0.2, -0.15) is 0 Å². The summed E-state index contributed by atoms with van der Waals surface area (Å²) in [6.45, 7) is 2.74. The molecule has 2 heterocycles. The molecule has 3 aromatic rings. The number of aromatic amines is 1. The Balaban J connectivity index is 1.40. The van der Waals surface area contributed by atoms with Gasteiger partial charge in [-0.15, -0.1) is 0 Å². The molecule has 0 bridgehead atoms. The Labute approximate surface area is 136 Å². The maximum Gasteiger partial charge on any atom is 0.0866 e. The zero-order chi connectivity index (χ0) is 15.5. The largest absolute Gasteiger partial charge is 0.373 e. The van der Waals surface area contributed by atoms with Crippen LogP contribution in [-0.4, -0.2) is 18.1 Å². The molecule has 0 saturated carbocycles. The van der Waals surface area contributed by atoms with Gasteiger partial charge < -0.3 is 15.0 Å². The summed E-state index contributed by atoms with van der Waals surface area (Å²) in [5.74, 6) is 0.544. The predicted octanol–water partition coefficient (Wildman–Crippen LogP) is 4.04. The normalized spacial score (nSPS) is 21.0. The van der Waals surface area contributed by atoms with E-state index < -0.39 is 0 Å². The number of fused-ring (bicyclic) bond motifs is 1. The Morgan fingerprint density at radius 3 is 2.87 bits per heavy atom. The third-order valence-corrected chi connectivity index (χ3v) is 4.75. The van der Waals surface area contributed by atoms with E-state index in [9.17, 15) is 0 Å². The van der Waals surface area contributed by atoms with E-state index in [1.807, 2.05) is 6.20 Å². The minimum absolute atomic E-state index is 0.228. The molecule has 0 spiro atoms. The van der Waals surface area contributed by atoms with Gasteiger partial charge in [0, 0.05) is 42.7 Å². The molecule has 1 aromatic heterocycles. The molecule has 3 heteroatoms. The zero-order valence-electron chi connectivity index (χ0n) is 13.2. The number of rotatable bonds is 5. The first-order valence-corrected chi connectivity index (χ1v) is 8.34. The van der Waals surface area contributed by atoms with E-state index in [0.29, 0.717) is 5.92 Å². The highest BCUT2D eigenvalue weighted by molar-refractivity contribution is 5.82. The lowest BCUT2D eigenvalue weighted by Crippen LogP contribution is -2.24. The molecule has 1 saturated heterocycles. The van der Waals surface area contributed by atoms with E-state index in [2.05, 4.69) is 64.9 Å². The van der Waals surface area contributed by atoms with Crippen LogP contribution in [0.3, 0.4) is 0 Å². The Morgan fingerprint density at radius 2 is 1.96 bits per heavy atom. The number of aromatic nitrogens is 1. The van der Waals surface area contributed by atoms with Gasteiger partial charge in [0.1, 0.15) is 0 Å². The Kier molecular flexibility index (Phi) is 4.14. The van der Waals surface area contributed by atoms with Crippen molar-refractivity contribution < 1.29 is 4.74 Å². The highest BCUT2D eigenvalue weighted by atomic mass is 16.5. The van der Waals surface area contributed by atoms with Gasteiger partial charge >= 0.3 is 0 Å². The van der Waals surface area contributed by atoms with Crippen LogP contribution in [-0.2, 0) is 11.3 Å². The van der Waals surface area contributed by atoms with Crippen LogP contribution in [0.15, 0.2) is 60.8 Å². The molecule has 0 radical (unpaired) electrons. The molecule has 2 atom stereocenters. The fraction of sp³-hybridized carbons (Fsp3) is 0.300. The first kappa shape index (κ1) is 14.5. The molecule has 0 amide bonds. The maximum absolute atomic E-state index is 5.97. The van der Waals surface area contributed by atoms with Crippen molar-refractivity contribution in [3.8, 4) is 0 Å². The first-order chi connectivity index (χ1) is 11.4. The van der Waals surface area contributed by atoms with Crippen LogP contribution in [0.4, 0.5) is 0 Å². The van der Waals surface area contributed by atoms with Crippen LogP contribution < -0.4 is 5.32 Å². The van der Waals surface area contributed by atoms with Gasteiger partial charge in [-0.25, -0.2) is 0 Å². The van der Waals surface area contributed by atoms with Crippen LogP contribution >= 0.6 is 0 Å². The summed E-state index contributed by atoms with van der Waals surface area (Å²) in [6, 6.07) is 19.2. The van der Waals surface area contributed by atoms with Gasteiger partial charge in [0.05, 0.1) is 6.10 Å². The number of nitrogens with one attached hydrogen (secondary N) is 2. The van der Waals surface area contributed by atoms with Gasteiger partial charge in [-0.3, -0.25) is 0 Å².